The maximum absolute atomic E-state index is 6.43. The molecule has 0 bridgehead atoms. The van der Waals surface area contributed by atoms with Gasteiger partial charge >= 0.3 is 0 Å². The molecule has 0 unspecified atom stereocenters. The second-order valence-corrected chi connectivity index (χ2v) is 6.29. The zero-order chi connectivity index (χ0) is 14.8. The molecule has 0 amide bonds. The van der Waals surface area contributed by atoms with Crippen LogP contribution in [-0.2, 0) is 6.54 Å². The molecule has 4 heteroatoms. The predicted molar refractivity (Wildman–Crippen MR) is 89.1 cm³/mol. The van der Waals surface area contributed by atoms with Gasteiger partial charge in [0.15, 0.2) is 0 Å². The summed E-state index contributed by atoms with van der Waals surface area (Å²) >= 11 is 6.43. The first-order chi connectivity index (χ1) is 10.2. The third-order valence-corrected chi connectivity index (χ3v) is 4.74. The van der Waals surface area contributed by atoms with Gasteiger partial charge in [-0.25, -0.2) is 4.98 Å². The Balaban J connectivity index is 1.84. The van der Waals surface area contributed by atoms with Gasteiger partial charge in [-0.05, 0) is 51.0 Å². The Morgan fingerprint density at radius 1 is 1.29 bits per heavy atom. The average molecular weight is 306 g/mol. The molecule has 3 rings (SSSR count). The molecule has 0 aliphatic heterocycles. The molecular formula is C17H24ClN3. The summed E-state index contributed by atoms with van der Waals surface area (Å²) in [6.45, 7) is 8.85. The van der Waals surface area contributed by atoms with E-state index in [1.54, 1.807) is 0 Å². The van der Waals surface area contributed by atoms with Crippen molar-refractivity contribution in [3.8, 4) is 0 Å². The van der Waals surface area contributed by atoms with Crippen LogP contribution >= 0.6 is 11.6 Å². The van der Waals surface area contributed by atoms with Gasteiger partial charge in [0.1, 0.15) is 5.82 Å². The average Bonchev–Trinajstić information content (AvgIpc) is 3.26. The van der Waals surface area contributed by atoms with Crippen molar-refractivity contribution < 1.29 is 0 Å². The number of nitrogens with zero attached hydrogens (tertiary/aromatic N) is 3. The molecule has 0 atom stereocenters. The number of rotatable bonds is 7. The van der Waals surface area contributed by atoms with Crippen LogP contribution in [0.3, 0.4) is 0 Å². The first-order valence-corrected chi connectivity index (χ1v) is 8.49. The van der Waals surface area contributed by atoms with Crippen LogP contribution in [0.25, 0.3) is 11.0 Å². The van der Waals surface area contributed by atoms with Crippen molar-refractivity contribution in [1.82, 2.24) is 14.5 Å². The molecule has 1 aromatic heterocycles. The Labute approximate surface area is 131 Å². The quantitative estimate of drug-likeness (QED) is 0.760. The van der Waals surface area contributed by atoms with E-state index in [9.17, 15) is 0 Å². The van der Waals surface area contributed by atoms with Crippen LogP contribution in [0.5, 0.6) is 0 Å². The van der Waals surface area contributed by atoms with E-state index in [2.05, 4.69) is 29.4 Å². The number of fused-ring (bicyclic) bond motifs is 1. The molecule has 1 saturated carbocycles. The van der Waals surface area contributed by atoms with Gasteiger partial charge in [0, 0.05) is 12.5 Å². The first kappa shape index (κ1) is 14.9. The van der Waals surface area contributed by atoms with Crippen molar-refractivity contribution in [2.45, 2.75) is 45.6 Å². The Hall–Kier alpha value is -1.06. The maximum atomic E-state index is 6.43. The number of aromatic nitrogens is 2. The smallest absolute Gasteiger partial charge is 0.113 e. The lowest BCUT2D eigenvalue weighted by Gasteiger charge is -2.18. The number of benzene rings is 1. The Bertz CT molecular complexity index is 612. The molecule has 0 spiro atoms. The van der Waals surface area contributed by atoms with E-state index >= 15 is 0 Å². The topological polar surface area (TPSA) is 21.1 Å². The first-order valence-electron chi connectivity index (χ1n) is 8.11. The largest absolute Gasteiger partial charge is 0.326 e. The normalized spacial score (nSPS) is 15.2. The highest BCUT2D eigenvalue weighted by atomic mass is 35.5. The van der Waals surface area contributed by atoms with Gasteiger partial charge in [0.2, 0.25) is 0 Å². The number of aryl methyl sites for hydroxylation is 1. The standard InChI is InChI=1S/C17H24ClN3/c1-3-20(4-2)11-6-12-21-16-14(18)7-5-8-15(16)19-17(21)13-9-10-13/h5,7-8,13H,3-4,6,9-12H2,1-2H3. The van der Waals surface area contributed by atoms with E-state index in [-0.39, 0.29) is 0 Å². The van der Waals surface area contributed by atoms with Crippen LogP contribution < -0.4 is 0 Å². The molecule has 1 heterocycles. The fourth-order valence-electron chi connectivity index (χ4n) is 3.03. The van der Waals surface area contributed by atoms with Crippen molar-refractivity contribution in [2.24, 2.45) is 0 Å². The molecule has 1 aromatic carbocycles. The molecule has 0 saturated heterocycles. The second-order valence-electron chi connectivity index (χ2n) is 5.88. The summed E-state index contributed by atoms with van der Waals surface area (Å²) in [4.78, 5) is 7.31. The van der Waals surface area contributed by atoms with Crippen LogP contribution in [0.4, 0.5) is 0 Å². The summed E-state index contributed by atoms with van der Waals surface area (Å²) in [5.41, 5.74) is 2.17. The highest BCUT2D eigenvalue weighted by Gasteiger charge is 2.29. The van der Waals surface area contributed by atoms with E-state index in [4.69, 9.17) is 16.6 Å². The van der Waals surface area contributed by atoms with Crippen LogP contribution in [0.1, 0.15) is 44.9 Å². The molecule has 21 heavy (non-hydrogen) atoms. The van der Waals surface area contributed by atoms with Crippen molar-refractivity contribution in [3.05, 3.63) is 29.0 Å². The molecule has 0 N–H and O–H groups in total. The molecule has 0 radical (unpaired) electrons. The van der Waals surface area contributed by atoms with Gasteiger partial charge in [-0.1, -0.05) is 31.5 Å². The lowest BCUT2D eigenvalue weighted by Crippen LogP contribution is -2.25. The third kappa shape index (κ3) is 3.09. The van der Waals surface area contributed by atoms with Crippen LogP contribution in [0.2, 0.25) is 5.02 Å². The number of imidazole rings is 1. The number of hydrogen-bond donors (Lipinski definition) is 0. The van der Waals surface area contributed by atoms with Gasteiger partial charge in [0.25, 0.3) is 0 Å². The van der Waals surface area contributed by atoms with E-state index in [0.717, 1.165) is 48.7 Å². The summed E-state index contributed by atoms with van der Waals surface area (Å²) in [5.74, 6) is 1.90. The molecule has 3 nitrogen and oxygen atoms in total. The summed E-state index contributed by atoms with van der Waals surface area (Å²) < 4.78 is 2.37. The Morgan fingerprint density at radius 3 is 2.71 bits per heavy atom. The zero-order valence-electron chi connectivity index (χ0n) is 13.0. The summed E-state index contributed by atoms with van der Waals surface area (Å²) in [5, 5.41) is 0.828. The highest BCUT2D eigenvalue weighted by Crippen LogP contribution is 2.41. The monoisotopic (exact) mass is 305 g/mol. The molecular weight excluding hydrogens is 282 g/mol. The van der Waals surface area contributed by atoms with E-state index in [0.29, 0.717) is 5.92 Å². The lowest BCUT2D eigenvalue weighted by molar-refractivity contribution is 0.293. The van der Waals surface area contributed by atoms with Crippen molar-refractivity contribution in [2.75, 3.05) is 19.6 Å². The van der Waals surface area contributed by atoms with Gasteiger partial charge < -0.3 is 9.47 Å². The van der Waals surface area contributed by atoms with Gasteiger partial charge in [0.05, 0.1) is 16.1 Å². The zero-order valence-corrected chi connectivity index (χ0v) is 13.7. The number of halogens is 1. The molecule has 1 aliphatic rings. The van der Waals surface area contributed by atoms with E-state index < -0.39 is 0 Å². The third-order valence-electron chi connectivity index (χ3n) is 4.44. The highest BCUT2D eigenvalue weighted by molar-refractivity contribution is 6.35. The van der Waals surface area contributed by atoms with Gasteiger partial charge in [-0.15, -0.1) is 0 Å². The molecule has 1 aliphatic carbocycles. The minimum atomic E-state index is 0.655. The Kier molecular flexibility index (Phi) is 4.51. The summed E-state index contributed by atoms with van der Waals surface area (Å²) in [7, 11) is 0. The maximum Gasteiger partial charge on any atom is 0.113 e. The molecule has 1 fully saturated rings. The fourth-order valence-corrected chi connectivity index (χ4v) is 3.30. The summed E-state index contributed by atoms with van der Waals surface area (Å²) in [6.07, 6.45) is 3.70. The second kappa shape index (κ2) is 6.37. The number of para-hydroxylation sites is 1. The number of hydrogen-bond acceptors (Lipinski definition) is 2. The van der Waals surface area contributed by atoms with Crippen molar-refractivity contribution in [1.29, 1.82) is 0 Å². The van der Waals surface area contributed by atoms with E-state index in [1.807, 2.05) is 12.1 Å². The fraction of sp³-hybridized carbons (Fsp3) is 0.588. The van der Waals surface area contributed by atoms with E-state index in [1.165, 1.54) is 18.7 Å². The van der Waals surface area contributed by atoms with Crippen LogP contribution in [0, 0.1) is 0 Å². The van der Waals surface area contributed by atoms with Crippen LogP contribution in [0.15, 0.2) is 18.2 Å². The van der Waals surface area contributed by atoms with Crippen molar-refractivity contribution >= 4 is 22.6 Å². The predicted octanol–water partition coefficient (Wildman–Crippen LogP) is 4.30. The summed E-state index contributed by atoms with van der Waals surface area (Å²) in [6, 6.07) is 6.05. The van der Waals surface area contributed by atoms with Gasteiger partial charge in [-0.2, -0.15) is 0 Å². The van der Waals surface area contributed by atoms with Gasteiger partial charge in [-0.3, -0.25) is 0 Å². The van der Waals surface area contributed by atoms with Crippen LogP contribution in [-0.4, -0.2) is 34.1 Å². The van der Waals surface area contributed by atoms with Crippen molar-refractivity contribution in [3.63, 3.8) is 0 Å². The molecule has 114 valence electrons. The Morgan fingerprint density at radius 2 is 2.05 bits per heavy atom. The molecule has 2 aromatic rings. The minimum Gasteiger partial charge on any atom is -0.326 e. The minimum absolute atomic E-state index is 0.655. The lowest BCUT2D eigenvalue weighted by atomic mass is 10.3. The SMILES string of the molecule is CCN(CC)CCCn1c(C2CC2)nc2cccc(Cl)c21.